The molecule has 2 unspecified atom stereocenters. The van der Waals surface area contributed by atoms with Crippen molar-refractivity contribution in [1.29, 1.82) is 0 Å². The number of benzene rings is 3. The number of phosphoric acid groups is 1. The number of nitrogens with zero attached hydrogens (tertiary/aromatic N) is 4. The molecule has 27 nitrogen and oxygen atoms in total. The van der Waals surface area contributed by atoms with Crippen molar-refractivity contribution < 1.29 is 85.7 Å². The molecule has 0 saturated carbocycles. The van der Waals surface area contributed by atoms with E-state index in [9.17, 15) is 58.0 Å². The molecule has 2 aromatic heterocycles. The minimum absolute atomic E-state index is 0.0288. The third-order valence-electron chi connectivity index (χ3n) is 9.22. The molecule has 2 aromatic carbocycles. The fourth-order valence-corrected chi connectivity index (χ4v) is 10.1. The number of phosphoric ester groups is 1. The van der Waals surface area contributed by atoms with Gasteiger partial charge in [0, 0.05) is 47.3 Å². The number of carboxylic acid groups (broad SMARTS) is 1. The number of carbonyl (C=O) groups excluding carboxylic acids is 2. The van der Waals surface area contributed by atoms with Gasteiger partial charge in [0.2, 0.25) is 0 Å². The van der Waals surface area contributed by atoms with E-state index in [-0.39, 0.29) is 69.3 Å². The van der Waals surface area contributed by atoms with Gasteiger partial charge in [0.15, 0.2) is 29.2 Å². The molecule has 338 valence electrons. The predicted octanol–water partition coefficient (Wildman–Crippen LogP) is 1.39. The number of aromatic nitrogens is 4. The number of carboxylic acids is 1. The molecule has 1 fully saturated rings. The Morgan fingerprint density at radius 2 is 1.66 bits per heavy atom. The Hall–Kier alpha value is -6.18. The summed E-state index contributed by atoms with van der Waals surface area (Å²) in [6.45, 7) is -1.73. The number of nitrogen functional groups attached to an aromatic ring is 1. The summed E-state index contributed by atoms with van der Waals surface area (Å²) in [6.07, 6.45) is -5.82. The van der Waals surface area contributed by atoms with E-state index in [1.807, 2.05) is 0 Å². The van der Waals surface area contributed by atoms with Gasteiger partial charge in [-0.2, -0.15) is 4.31 Å². The lowest BCUT2D eigenvalue weighted by molar-refractivity contribution is -0.0507. The Bertz CT molecular complexity index is 3000. The van der Waals surface area contributed by atoms with Crippen LogP contribution >= 0.6 is 23.3 Å². The monoisotopic (exact) mass is 950 g/mol. The summed E-state index contributed by atoms with van der Waals surface area (Å²) in [5.74, 6) is -2.25. The van der Waals surface area contributed by atoms with Gasteiger partial charge < -0.3 is 65.2 Å². The summed E-state index contributed by atoms with van der Waals surface area (Å²) in [7, 11) is -16.8. The van der Waals surface area contributed by atoms with Crippen LogP contribution in [0.1, 0.15) is 26.9 Å². The second-order valence-corrected chi connectivity index (χ2v) is 18.4. The molecular weight excluding hydrogens is 917 g/mol. The first-order valence-corrected chi connectivity index (χ1v) is 22.7. The molecule has 4 aromatic rings. The zero-order valence-electron chi connectivity index (χ0n) is 32.0. The SMILES string of the molecule is Nc1ncnc2c1ncn2[C@@H]1O[C@H](COP(=O)(O)OP(=O)(O)NP(=O)(O)O)[C@@H](OC(=O)NCCNC(=O)c2ccc(-c3c4ccc(=O)cc-4oc4cc(O)ccc34)c(C(=O)O)c2)[C@H]1O. The van der Waals surface area contributed by atoms with Crippen molar-refractivity contribution in [3.63, 3.8) is 0 Å². The summed E-state index contributed by atoms with van der Waals surface area (Å²) in [5, 5.41) is 36.8. The normalized spacial score (nSPS) is 19.6. The second-order valence-electron chi connectivity index (χ2n) is 13.6. The highest BCUT2D eigenvalue weighted by molar-refractivity contribution is 7.70. The van der Waals surface area contributed by atoms with Crippen LogP contribution in [0.3, 0.4) is 0 Å². The van der Waals surface area contributed by atoms with E-state index in [0.29, 0.717) is 16.5 Å². The molecule has 2 aliphatic heterocycles. The first-order valence-electron chi connectivity index (χ1n) is 18.0. The number of aromatic carboxylic acids is 1. The fraction of sp³-hybridized carbons (Fsp3) is 0.206. The lowest BCUT2D eigenvalue weighted by Gasteiger charge is -2.22. The van der Waals surface area contributed by atoms with E-state index < -0.39 is 72.4 Å². The molecule has 0 bridgehead atoms. The largest absolute Gasteiger partial charge is 0.508 e. The van der Waals surface area contributed by atoms with Crippen molar-refractivity contribution in [1.82, 2.24) is 35.0 Å². The zero-order valence-corrected chi connectivity index (χ0v) is 34.7. The van der Waals surface area contributed by atoms with E-state index in [1.54, 1.807) is 0 Å². The summed E-state index contributed by atoms with van der Waals surface area (Å²) in [5.41, 5.74) is 6.20. The molecule has 7 rings (SSSR count). The van der Waals surface area contributed by atoms with E-state index in [2.05, 4.69) is 29.9 Å². The number of hydrogen-bond acceptors (Lipinski definition) is 18. The maximum Gasteiger partial charge on any atom is 0.480 e. The number of phenols is 1. The van der Waals surface area contributed by atoms with E-state index in [0.717, 1.165) is 28.1 Å². The number of aromatic hydroxyl groups is 1. The first-order chi connectivity index (χ1) is 30.1. The number of alkyl carbamates (subject to hydrolysis) is 1. The average Bonchev–Trinajstić information content (AvgIpc) is 3.76. The highest BCUT2D eigenvalue weighted by atomic mass is 31.3. The minimum Gasteiger partial charge on any atom is -0.508 e. The minimum atomic E-state index is -5.66. The summed E-state index contributed by atoms with van der Waals surface area (Å²) in [6, 6.07) is 12.0. The maximum absolute atomic E-state index is 13.2. The van der Waals surface area contributed by atoms with Crippen molar-refractivity contribution in [2.45, 2.75) is 24.5 Å². The number of fused-ring (bicyclic) bond motifs is 3. The van der Waals surface area contributed by atoms with Crippen molar-refractivity contribution in [2.24, 2.45) is 0 Å². The zero-order chi connectivity index (χ0) is 46.3. The number of ether oxygens (including phenoxy) is 2. The van der Waals surface area contributed by atoms with Crippen LogP contribution in [-0.4, -0.2) is 110 Å². The quantitative estimate of drug-likeness (QED) is 0.0393. The third kappa shape index (κ3) is 10.1. The standard InChI is InChI=1S/C34H33N8O19P3/c35-29-26-30(39-13-38-29)42(14-40-26)32-27(45)28(24(59-32)12-57-64(55,56)61-63(53,54)41-62(50,51)52)60-34(49)37-8-7-36-31(46)15-1-4-18(21(9-15)33(47)48)25-19-5-2-16(43)10-22(19)58-23-11-17(44)3-6-20(23)25/h1-6,9-11,13-14,24,27-28,32,43,45H,7-8,12H2,(H,36,46)(H,37,49)(H,47,48)(H,55,56)(H2,35,38,39)(H4,41,50,51,52,53,54)/t24-,27-,28-,32-/m1/s1. The lowest BCUT2D eigenvalue weighted by Crippen LogP contribution is -2.42. The number of rotatable bonds is 15. The van der Waals surface area contributed by atoms with E-state index in [1.165, 1.54) is 48.5 Å². The number of anilines is 1. The molecule has 1 saturated heterocycles. The first kappa shape index (κ1) is 45.8. The van der Waals surface area contributed by atoms with Gasteiger partial charge in [0.1, 0.15) is 41.1 Å². The molecule has 0 radical (unpaired) electrons. The van der Waals surface area contributed by atoms with Gasteiger partial charge in [-0.15, -0.1) is 4.86 Å². The third-order valence-corrected chi connectivity index (χ3v) is 13.5. The van der Waals surface area contributed by atoms with Crippen LogP contribution in [0.15, 0.2) is 76.5 Å². The van der Waals surface area contributed by atoms with Crippen LogP contribution in [0, 0.1) is 0 Å². The summed E-state index contributed by atoms with van der Waals surface area (Å²) < 4.78 is 62.4. The number of phenolic OH excluding ortho intramolecular Hbond substituents is 1. The molecule has 30 heteroatoms. The Kier molecular flexibility index (Phi) is 12.7. The molecule has 3 aliphatic rings. The highest BCUT2D eigenvalue weighted by Gasteiger charge is 2.49. The average molecular weight is 951 g/mol. The number of hydrogen-bond donors (Lipinski definition) is 11. The second kappa shape index (κ2) is 17.8. The van der Waals surface area contributed by atoms with Gasteiger partial charge in [-0.1, -0.05) is 6.07 Å². The Labute approximate surface area is 356 Å². The molecule has 2 amide bonds. The maximum atomic E-state index is 13.2. The molecular formula is C34H33N8O19P3. The molecule has 6 atom stereocenters. The van der Waals surface area contributed by atoms with Crippen molar-refractivity contribution in [2.75, 3.05) is 25.4 Å². The molecule has 64 heavy (non-hydrogen) atoms. The predicted molar refractivity (Wildman–Crippen MR) is 215 cm³/mol. The number of carbonyl (C=O) groups is 3. The Balaban J connectivity index is 1.03. The number of imidazole rings is 1. The van der Waals surface area contributed by atoms with Gasteiger partial charge in [-0.05, 0) is 42.0 Å². The van der Waals surface area contributed by atoms with Crippen LogP contribution in [0.5, 0.6) is 5.75 Å². The van der Waals surface area contributed by atoms with E-state index in [4.69, 9.17) is 33.9 Å². The smallest absolute Gasteiger partial charge is 0.480 e. The van der Waals surface area contributed by atoms with Gasteiger partial charge in [0.05, 0.1) is 18.5 Å². The van der Waals surface area contributed by atoms with Crippen LogP contribution in [0.4, 0.5) is 10.6 Å². The van der Waals surface area contributed by atoms with Crippen LogP contribution in [-0.2, 0) is 32.0 Å². The highest BCUT2D eigenvalue weighted by Crippen LogP contribution is 2.61. The topological polar surface area (TPSA) is 417 Å². The summed E-state index contributed by atoms with van der Waals surface area (Å²) in [4.78, 5) is 101. The number of nitrogens with one attached hydrogen (secondary N) is 3. The van der Waals surface area contributed by atoms with Gasteiger partial charge >= 0.3 is 35.4 Å². The lowest BCUT2D eigenvalue weighted by atomic mass is 9.90. The number of aliphatic hydroxyl groups excluding tert-OH is 1. The van der Waals surface area contributed by atoms with E-state index >= 15 is 0 Å². The van der Waals surface area contributed by atoms with Gasteiger partial charge in [-0.3, -0.25) is 18.7 Å². The van der Waals surface area contributed by atoms with Crippen molar-refractivity contribution in [3.8, 4) is 28.2 Å². The van der Waals surface area contributed by atoms with Crippen LogP contribution in [0.25, 0.3) is 44.6 Å². The van der Waals surface area contributed by atoms with Crippen molar-refractivity contribution >= 4 is 69.2 Å². The number of aliphatic hydroxyl groups is 1. The van der Waals surface area contributed by atoms with Crippen LogP contribution < -0.4 is 26.7 Å². The van der Waals surface area contributed by atoms with Gasteiger partial charge in [-0.25, -0.2) is 38.2 Å². The fourth-order valence-electron chi connectivity index (χ4n) is 6.64. The number of nitrogens with two attached hydrogens (primary N) is 1. The molecule has 4 heterocycles. The number of amides is 2. The molecule has 0 spiro atoms. The van der Waals surface area contributed by atoms with Gasteiger partial charge in [0.25, 0.3) is 5.91 Å². The molecule has 12 N–H and O–H groups in total. The molecule has 1 aliphatic carbocycles. The summed E-state index contributed by atoms with van der Waals surface area (Å²) >= 11 is 0. The Morgan fingerprint density at radius 3 is 2.39 bits per heavy atom. The van der Waals surface area contributed by atoms with Crippen molar-refractivity contribution in [3.05, 3.63) is 88.6 Å². The Morgan fingerprint density at radius 1 is 0.922 bits per heavy atom. The van der Waals surface area contributed by atoms with Crippen LogP contribution in [0.2, 0.25) is 0 Å².